The standard InChI is InChI=1S/C8H16O2S2/c1-8(11-2-3-12-8)4-7(5-9)6-10/h7,9-10H,2-6H2,1H3. The van der Waals surface area contributed by atoms with Crippen LogP contribution < -0.4 is 0 Å². The summed E-state index contributed by atoms with van der Waals surface area (Å²) in [5.74, 6) is 2.46. The summed E-state index contributed by atoms with van der Waals surface area (Å²) in [6.07, 6.45) is 0.912. The Morgan fingerprint density at radius 1 is 1.25 bits per heavy atom. The van der Waals surface area contributed by atoms with Crippen LogP contribution in [0.15, 0.2) is 0 Å². The van der Waals surface area contributed by atoms with E-state index in [9.17, 15) is 0 Å². The second kappa shape index (κ2) is 4.74. The molecule has 2 nitrogen and oxygen atoms in total. The van der Waals surface area contributed by atoms with Crippen LogP contribution in [-0.2, 0) is 0 Å². The molecule has 0 aromatic rings. The molecule has 72 valence electrons. The lowest BCUT2D eigenvalue weighted by molar-refractivity contribution is 0.142. The molecule has 0 aromatic carbocycles. The zero-order valence-electron chi connectivity index (χ0n) is 7.32. The first-order valence-corrected chi connectivity index (χ1v) is 6.17. The molecule has 0 radical (unpaired) electrons. The summed E-state index contributed by atoms with van der Waals surface area (Å²) < 4.78 is 0.232. The van der Waals surface area contributed by atoms with Crippen molar-refractivity contribution in [3.05, 3.63) is 0 Å². The van der Waals surface area contributed by atoms with E-state index in [-0.39, 0.29) is 23.2 Å². The number of aliphatic hydroxyl groups is 2. The lowest BCUT2D eigenvalue weighted by atomic mass is 10.1. The van der Waals surface area contributed by atoms with Crippen LogP contribution in [0, 0.1) is 5.92 Å². The summed E-state index contributed by atoms with van der Waals surface area (Å²) in [7, 11) is 0. The molecule has 0 atom stereocenters. The molecule has 12 heavy (non-hydrogen) atoms. The molecule has 0 spiro atoms. The number of aliphatic hydroxyl groups excluding tert-OH is 2. The number of thioether (sulfide) groups is 2. The van der Waals surface area contributed by atoms with Crippen molar-refractivity contribution >= 4 is 23.5 Å². The van der Waals surface area contributed by atoms with Gasteiger partial charge in [-0.25, -0.2) is 0 Å². The second-order valence-corrected chi connectivity index (χ2v) is 6.72. The average Bonchev–Trinajstić information content (AvgIpc) is 2.48. The van der Waals surface area contributed by atoms with Crippen LogP contribution in [0.1, 0.15) is 13.3 Å². The molecule has 0 amide bonds. The molecule has 0 bridgehead atoms. The number of rotatable bonds is 4. The van der Waals surface area contributed by atoms with Crippen LogP contribution >= 0.6 is 23.5 Å². The first-order chi connectivity index (χ1) is 5.70. The quantitative estimate of drug-likeness (QED) is 0.728. The highest BCUT2D eigenvalue weighted by Gasteiger charge is 2.32. The van der Waals surface area contributed by atoms with Crippen molar-refractivity contribution in [1.82, 2.24) is 0 Å². The lowest BCUT2D eigenvalue weighted by Crippen LogP contribution is -2.22. The highest BCUT2D eigenvalue weighted by Crippen LogP contribution is 2.47. The topological polar surface area (TPSA) is 40.5 Å². The van der Waals surface area contributed by atoms with Gasteiger partial charge in [-0.3, -0.25) is 0 Å². The van der Waals surface area contributed by atoms with Crippen LogP contribution in [-0.4, -0.2) is 39.0 Å². The third-order valence-electron chi connectivity index (χ3n) is 2.07. The van der Waals surface area contributed by atoms with Crippen LogP contribution in [0.4, 0.5) is 0 Å². The van der Waals surface area contributed by atoms with Gasteiger partial charge < -0.3 is 10.2 Å². The van der Waals surface area contributed by atoms with Gasteiger partial charge in [0.2, 0.25) is 0 Å². The largest absolute Gasteiger partial charge is 0.396 e. The summed E-state index contributed by atoms with van der Waals surface area (Å²) in [5.41, 5.74) is 0. The van der Waals surface area contributed by atoms with Gasteiger partial charge >= 0.3 is 0 Å². The van der Waals surface area contributed by atoms with E-state index in [2.05, 4.69) is 6.92 Å². The third kappa shape index (κ3) is 2.83. The molecular formula is C8H16O2S2. The fourth-order valence-electron chi connectivity index (χ4n) is 1.39. The highest BCUT2D eigenvalue weighted by molar-refractivity contribution is 8.21. The lowest BCUT2D eigenvalue weighted by Gasteiger charge is -2.25. The van der Waals surface area contributed by atoms with Gasteiger partial charge in [-0.1, -0.05) is 0 Å². The van der Waals surface area contributed by atoms with Crippen molar-refractivity contribution in [3.8, 4) is 0 Å². The summed E-state index contributed by atoms with van der Waals surface area (Å²) in [4.78, 5) is 0. The van der Waals surface area contributed by atoms with Crippen LogP contribution in [0.5, 0.6) is 0 Å². The molecule has 0 aromatic heterocycles. The van der Waals surface area contributed by atoms with E-state index in [1.807, 2.05) is 23.5 Å². The summed E-state index contributed by atoms with van der Waals surface area (Å²) >= 11 is 3.89. The van der Waals surface area contributed by atoms with Crippen LogP contribution in [0.2, 0.25) is 0 Å². The molecule has 1 aliphatic rings. The first kappa shape index (κ1) is 10.7. The van der Waals surface area contributed by atoms with Gasteiger partial charge in [0.1, 0.15) is 0 Å². The Labute approximate surface area is 82.1 Å². The molecule has 1 saturated heterocycles. The molecule has 0 aliphatic carbocycles. The van der Waals surface area contributed by atoms with Gasteiger partial charge in [0, 0.05) is 30.6 Å². The molecule has 4 heteroatoms. The maximum absolute atomic E-state index is 8.92. The Balaban J connectivity index is 2.36. The van der Waals surface area contributed by atoms with Crippen LogP contribution in [0.3, 0.4) is 0 Å². The Kier molecular flexibility index (Phi) is 4.23. The van der Waals surface area contributed by atoms with Crippen molar-refractivity contribution in [2.45, 2.75) is 17.4 Å². The molecule has 1 rings (SSSR count). The van der Waals surface area contributed by atoms with Crippen molar-refractivity contribution in [3.63, 3.8) is 0 Å². The predicted molar refractivity (Wildman–Crippen MR) is 55.6 cm³/mol. The first-order valence-electron chi connectivity index (χ1n) is 4.20. The third-order valence-corrected chi connectivity index (χ3v) is 5.41. The molecular weight excluding hydrogens is 192 g/mol. The Morgan fingerprint density at radius 2 is 1.75 bits per heavy atom. The minimum atomic E-state index is 0.0631. The zero-order chi connectivity index (χ0) is 9.03. The summed E-state index contributed by atoms with van der Waals surface area (Å²) in [5, 5.41) is 17.8. The van der Waals surface area contributed by atoms with Gasteiger partial charge in [0.05, 0.1) is 4.08 Å². The minimum Gasteiger partial charge on any atom is -0.396 e. The second-order valence-electron chi connectivity index (χ2n) is 3.27. The summed E-state index contributed by atoms with van der Waals surface area (Å²) in [6, 6.07) is 0. The SMILES string of the molecule is CC1(CC(CO)CO)SCCS1. The molecule has 1 aliphatic heterocycles. The molecule has 1 heterocycles. The smallest absolute Gasteiger partial charge is 0.0588 e. The van der Waals surface area contributed by atoms with Gasteiger partial charge in [0.15, 0.2) is 0 Å². The maximum Gasteiger partial charge on any atom is 0.0588 e. The maximum atomic E-state index is 8.92. The Morgan fingerprint density at radius 3 is 2.17 bits per heavy atom. The Hall–Kier alpha value is 0.620. The Bertz CT molecular complexity index is 131. The monoisotopic (exact) mass is 208 g/mol. The molecule has 0 unspecified atom stereocenters. The molecule has 1 fully saturated rings. The van der Waals surface area contributed by atoms with Gasteiger partial charge in [-0.05, 0) is 13.3 Å². The highest BCUT2D eigenvalue weighted by atomic mass is 32.2. The normalized spacial score (nSPS) is 22.0. The fraction of sp³-hybridized carbons (Fsp3) is 1.00. The predicted octanol–water partition coefficient (Wildman–Crippen LogP) is 1.17. The average molecular weight is 208 g/mol. The van der Waals surface area contributed by atoms with Crippen molar-refractivity contribution in [2.75, 3.05) is 24.7 Å². The van der Waals surface area contributed by atoms with Gasteiger partial charge in [-0.2, -0.15) is 0 Å². The van der Waals surface area contributed by atoms with E-state index in [1.165, 1.54) is 11.5 Å². The van der Waals surface area contributed by atoms with Gasteiger partial charge in [0.25, 0.3) is 0 Å². The van der Waals surface area contributed by atoms with E-state index in [0.29, 0.717) is 0 Å². The number of hydrogen-bond acceptors (Lipinski definition) is 4. The van der Waals surface area contributed by atoms with Crippen LogP contribution in [0.25, 0.3) is 0 Å². The van der Waals surface area contributed by atoms with Crippen molar-refractivity contribution < 1.29 is 10.2 Å². The van der Waals surface area contributed by atoms with E-state index < -0.39 is 0 Å². The van der Waals surface area contributed by atoms with Gasteiger partial charge in [-0.15, -0.1) is 23.5 Å². The van der Waals surface area contributed by atoms with Crippen molar-refractivity contribution in [1.29, 1.82) is 0 Å². The number of hydrogen-bond donors (Lipinski definition) is 2. The molecule has 0 saturated carbocycles. The van der Waals surface area contributed by atoms with E-state index in [1.54, 1.807) is 0 Å². The zero-order valence-corrected chi connectivity index (χ0v) is 8.96. The minimum absolute atomic E-state index is 0.0631. The van der Waals surface area contributed by atoms with E-state index in [0.717, 1.165) is 6.42 Å². The van der Waals surface area contributed by atoms with E-state index >= 15 is 0 Å². The van der Waals surface area contributed by atoms with Crippen molar-refractivity contribution in [2.24, 2.45) is 5.92 Å². The fourth-order valence-corrected chi connectivity index (χ4v) is 4.46. The summed E-state index contributed by atoms with van der Waals surface area (Å²) in [6.45, 7) is 2.41. The molecule has 2 N–H and O–H groups in total. The van der Waals surface area contributed by atoms with E-state index in [4.69, 9.17) is 10.2 Å².